The second-order valence-corrected chi connectivity index (χ2v) is 8.47. The molecule has 0 bridgehead atoms. The molecule has 1 aromatic heterocycles. The van der Waals surface area contributed by atoms with Crippen molar-refractivity contribution in [3.05, 3.63) is 82.6 Å². The van der Waals surface area contributed by atoms with E-state index in [4.69, 9.17) is 0 Å². The number of carbonyl (C=O) groups is 2. The molecule has 0 saturated carbocycles. The minimum Gasteiger partial charge on any atom is -0.349 e. The molecule has 0 saturated heterocycles. The van der Waals surface area contributed by atoms with E-state index in [0.29, 0.717) is 6.42 Å². The number of amides is 2. The van der Waals surface area contributed by atoms with E-state index in [1.165, 1.54) is 22.4 Å². The smallest absolute Gasteiger partial charge is 0.276 e. The van der Waals surface area contributed by atoms with Gasteiger partial charge in [0.15, 0.2) is 5.69 Å². The molecule has 0 spiro atoms. The number of nitrogens with one attached hydrogen (secondary N) is 1. The number of benzene rings is 2. The predicted octanol–water partition coefficient (Wildman–Crippen LogP) is 4.37. The second-order valence-electron chi connectivity index (χ2n) is 7.86. The molecule has 3 rings (SSSR count). The Balaban J connectivity index is 2.10. The van der Waals surface area contributed by atoms with Gasteiger partial charge in [-0.25, -0.2) is 4.39 Å². The molecule has 0 aliphatic heterocycles. The normalized spacial score (nSPS) is 12.3. The largest absolute Gasteiger partial charge is 0.349 e. The number of nitrogens with zero attached hydrogens (tertiary/aromatic N) is 3. The van der Waals surface area contributed by atoms with Gasteiger partial charge in [0.25, 0.3) is 5.91 Å². The van der Waals surface area contributed by atoms with Crippen molar-refractivity contribution in [2.45, 2.75) is 45.3 Å². The van der Waals surface area contributed by atoms with Crippen molar-refractivity contribution in [1.29, 1.82) is 0 Å². The van der Waals surface area contributed by atoms with Crippen molar-refractivity contribution < 1.29 is 14.0 Å². The Bertz CT molecular complexity index is 1030. The van der Waals surface area contributed by atoms with Crippen molar-refractivity contribution in [2.75, 3.05) is 0 Å². The lowest BCUT2D eigenvalue weighted by atomic mass is 9.97. The van der Waals surface area contributed by atoms with Crippen LogP contribution in [-0.2, 0) is 11.3 Å². The van der Waals surface area contributed by atoms with Gasteiger partial charge in [-0.15, -0.1) is 5.10 Å². The average Bonchev–Trinajstić information content (AvgIpc) is 3.29. The standard InChI is InChI=1S/C23H25FN4O2S/c1-4-23(2,3)25-21(29)20(17-12-8-9-13-18(17)24)28(14-16-10-6-5-7-11-16)22(30)19-15-31-27-26-19/h5-13,15,20H,4,14H2,1-3H3,(H,25,29). The summed E-state index contributed by atoms with van der Waals surface area (Å²) < 4.78 is 18.6. The molecule has 0 radical (unpaired) electrons. The molecule has 1 N–H and O–H groups in total. The number of hydrogen-bond donors (Lipinski definition) is 1. The Labute approximate surface area is 185 Å². The van der Waals surface area contributed by atoms with Crippen LogP contribution < -0.4 is 5.32 Å². The van der Waals surface area contributed by atoms with Gasteiger partial charge < -0.3 is 10.2 Å². The van der Waals surface area contributed by atoms with Crippen molar-refractivity contribution in [3.63, 3.8) is 0 Å². The molecule has 1 unspecified atom stereocenters. The number of rotatable bonds is 8. The molecule has 6 nitrogen and oxygen atoms in total. The molecular formula is C23H25FN4O2S. The van der Waals surface area contributed by atoms with E-state index in [9.17, 15) is 14.0 Å². The van der Waals surface area contributed by atoms with Gasteiger partial charge in [0.05, 0.1) is 0 Å². The highest BCUT2D eigenvalue weighted by Gasteiger charge is 2.36. The van der Waals surface area contributed by atoms with Crippen LogP contribution in [0.4, 0.5) is 4.39 Å². The van der Waals surface area contributed by atoms with Gasteiger partial charge in [0, 0.05) is 23.0 Å². The molecule has 31 heavy (non-hydrogen) atoms. The molecule has 8 heteroatoms. The van der Waals surface area contributed by atoms with E-state index in [-0.39, 0.29) is 17.8 Å². The maximum Gasteiger partial charge on any atom is 0.276 e. The zero-order valence-electron chi connectivity index (χ0n) is 17.7. The Kier molecular flexibility index (Phi) is 7.12. The van der Waals surface area contributed by atoms with Crippen LogP contribution in [0, 0.1) is 5.82 Å². The van der Waals surface area contributed by atoms with Gasteiger partial charge in [-0.05, 0) is 43.4 Å². The summed E-state index contributed by atoms with van der Waals surface area (Å²) in [5.41, 5.74) is 0.525. The van der Waals surface area contributed by atoms with Crippen molar-refractivity contribution in [2.24, 2.45) is 0 Å². The first-order valence-corrected chi connectivity index (χ1v) is 10.8. The van der Waals surface area contributed by atoms with Gasteiger partial charge >= 0.3 is 0 Å². The number of aromatic nitrogens is 2. The lowest BCUT2D eigenvalue weighted by Crippen LogP contribution is -2.50. The van der Waals surface area contributed by atoms with Gasteiger partial charge in [-0.2, -0.15) is 0 Å². The van der Waals surface area contributed by atoms with Crippen LogP contribution in [0.5, 0.6) is 0 Å². The van der Waals surface area contributed by atoms with Crippen LogP contribution >= 0.6 is 11.5 Å². The summed E-state index contributed by atoms with van der Waals surface area (Å²) in [5.74, 6) is -1.50. The zero-order valence-corrected chi connectivity index (χ0v) is 18.5. The molecule has 162 valence electrons. The number of hydrogen-bond acceptors (Lipinski definition) is 5. The lowest BCUT2D eigenvalue weighted by Gasteiger charge is -2.34. The summed E-state index contributed by atoms with van der Waals surface area (Å²) in [6.45, 7) is 5.83. The van der Waals surface area contributed by atoms with Gasteiger partial charge in [-0.3, -0.25) is 9.59 Å². The summed E-state index contributed by atoms with van der Waals surface area (Å²) in [4.78, 5) is 28.2. The fraction of sp³-hybridized carbons (Fsp3) is 0.304. The van der Waals surface area contributed by atoms with E-state index in [2.05, 4.69) is 14.9 Å². The third-order valence-electron chi connectivity index (χ3n) is 5.14. The fourth-order valence-electron chi connectivity index (χ4n) is 3.10. The molecule has 0 aliphatic rings. The molecule has 2 aromatic carbocycles. The van der Waals surface area contributed by atoms with E-state index in [1.807, 2.05) is 51.1 Å². The van der Waals surface area contributed by atoms with E-state index >= 15 is 0 Å². The summed E-state index contributed by atoms with van der Waals surface area (Å²) in [7, 11) is 0. The maximum atomic E-state index is 14.9. The van der Waals surface area contributed by atoms with Gasteiger partial charge in [0.1, 0.15) is 11.9 Å². The average molecular weight is 441 g/mol. The maximum absolute atomic E-state index is 14.9. The Morgan fingerprint density at radius 3 is 2.42 bits per heavy atom. The lowest BCUT2D eigenvalue weighted by molar-refractivity contribution is -0.127. The predicted molar refractivity (Wildman–Crippen MR) is 118 cm³/mol. The van der Waals surface area contributed by atoms with Crippen LogP contribution in [0.2, 0.25) is 0 Å². The van der Waals surface area contributed by atoms with Gasteiger partial charge in [0.2, 0.25) is 5.91 Å². The Hall–Kier alpha value is -3.13. The summed E-state index contributed by atoms with van der Waals surface area (Å²) in [6, 6.07) is 14.1. The van der Waals surface area contributed by atoms with Crippen LogP contribution in [0.25, 0.3) is 0 Å². The van der Waals surface area contributed by atoms with Gasteiger partial charge in [-0.1, -0.05) is 59.9 Å². The highest BCUT2D eigenvalue weighted by molar-refractivity contribution is 7.03. The van der Waals surface area contributed by atoms with E-state index in [1.54, 1.807) is 12.1 Å². The molecular weight excluding hydrogens is 415 g/mol. The third kappa shape index (κ3) is 5.52. The highest BCUT2D eigenvalue weighted by Crippen LogP contribution is 2.28. The first-order chi connectivity index (χ1) is 14.8. The second kappa shape index (κ2) is 9.78. The first kappa shape index (κ1) is 22.6. The van der Waals surface area contributed by atoms with Crippen LogP contribution in [0.3, 0.4) is 0 Å². The number of halogens is 1. The van der Waals surface area contributed by atoms with E-state index < -0.39 is 29.2 Å². The molecule has 1 heterocycles. The topological polar surface area (TPSA) is 75.2 Å². The monoisotopic (exact) mass is 440 g/mol. The quantitative estimate of drug-likeness (QED) is 0.565. The van der Waals surface area contributed by atoms with Crippen LogP contribution in [0.1, 0.15) is 54.8 Å². The van der Waals surface area contributed by atoms with Crippen LogP contribution in [-0.4, -0.2) is 31.8 Å². The summed E-state index contributed by atoms with van der Waals surface area (Å²) in [6.07, 6.45) is 0.672. The summed E-state index contributed by atoms with van der Waals surface area (Å²) in [5, 5.41) is 8.36. The zero-order chi connectivity index (χ0) is 22.4. The number of carbonyl (C=O) groups excluding carboxylic acids is 2. The van der Waals surface area contributed by atoms with Crippen LogP contribution in [0.15, 0.2) is 60.0 Å². The molecule has 0 fully saturated rings. The molecule has 3 aromatic rings. The third-order valence-corrected chi connectivity index (χ3v) is 5.65. The summed E-state index contributed by atoms with van der Waals surface area (Å²) >= 11 is 1.04. The molecule has 0 aliphatic carbocycles. The van der Waals surface area contributed by atoms with Crippen molar-refractivity contribution in [1.82, 2.24) is 19.8 Å². The van der Waals surface area contributed by atoms with Crippen molar-refractivity contribution >= 4 is 23.3 Å². The van der Waals surface area contributed by atoms with E-state index in [0.717, 1.165) is 17.1 Å². The minimum absolute atomic E-state index is 0.107. The molecule has 1 atom stereocenters. The molecule has 2 amide bonds. The first-order valence-electron chi connectivity index (χ1n) is 10.0. The Morgan fingerprint density at radius 2 is 1.81 bits per heavy atom. The van der Waals surface area contributed by atoms with Crippen molar-refractivity contribution in [3.8, 4) is 0 Å². The SMILES string of the molecule is CCC(C)(C)NC(=O)C(c1ccccc1F)N(Cc1ccccc1)C(=O)c1csnn1. The Morgan fingerprint density at radius 1 is 1.13 bits per heavy atom. The highest BCUT2D eigenvalue weighted by atomic mass is 32.1. The minimum atomic E-state index is -1.18. The fourth-order valence-corrected chi connectivity index (χ4v) is 3.53.